The van der Waals surface area contributed by atoms with E-state index < -0.39 is 6.03 Å². The molecule has 0 spiro atoms. The SMILES string of the molecule is Cc1cccc([C@]2(N(C)C)CC[C@](C)(CNC(N)=O)CC2)c1. The van der Waals surface area contributed by atoms with Gasteiger partial charge < -0.3 is 11.1 Å². The van der Waals surface area contributed by atoms with Crippen molar-refractivity contribution in [2.24, 2.45) is 11.1 Å². The van der Waals surface area contributed by atoms with E-state index in [2.05, 4.69) is 62.4 Å². The summed E-state index contributed by atoms with van der Waals surface area (Å²) in [4.78, 5) is 13.3. The van der Waals surface area contributed by atoms with Crippen LogP contribution < -0.4 is 11.1 Å². The van der Waals surface area contributed by atoms with Crippen LogP contribution in [0.15, 0.2) is 24.3 Å². The van der Waals surface area contributed by atoms with E-state index in [1.807, 2.05) is 0 Å². The third-order valence-corrected chi connectivity index (χ3v) is 5.39. The van der Waals surface area contributed by atoms with E-state index >= 15 is 0 Å². The number of aryl methyl sites for hydroxylation is 1. The van der Waals surface area contributed by atoms with Crippen LogP contribution in [-0.4, -0.2) is 31.6 Å². The van der Waals surface area contributed by atoms with Crippen molar-refractivity contribution < 1.29 is 4.79 Å². The van der Waals surface area contributed by atoms with Gasteiger partial charge in [-0.05, 0) is 57.7 Å². The number of primary amides is 1. The third kappa shape index (κ3) is 3.43. The first-order valence-electron chi connectivity index (χ1n) is 8.05. The molecule has 1 aliphatic carbocycles. The molecule has 0 bridgehead atoms. The predicted molar refractivity (Wildman–Crippen MR) is 90.7 cm³/mol. The molecule has 0 saturated heterocycles. The Morgan fingerprint density at radius 1 is 1.27 bits per heavy atom. The van der Waals surface area contributed by atoms with E-state index in [-0.39, 0.29) is 11.0 Å². The van der Waals surface area contributed by atoms with Crippen LogP contribution in [-0.2, 0) is 5.54 Å². The molecule has 1 aromatic carbocycles. The standard InChI is InChI=1S/C18H29N3O/c1-14-6-5-7-15(12-14)18(21(3)4)10-8-17(2,9-11-18)13-20-16(19)22/h5-7,12H,8-11,13H2,1-4H3,(H3,19,20,22)/t17-,18-. The van der Waals surface area contributed by atoms with Gasteiger partial charge in [-0.15, -0.1) is 0 Å². The topological polar surface area (TPSA) is 58.4 Å². The Kier molecular flexibility index (Phi) is 4.81. The minimum absolute atomic E-state index is 0.0955. The number of carbonyl (C=O) groups excluding carboxylic acids is 1. The number of hydrogen-bond donors (Lipinski definition) is 2. The first-order valence-corrected chi connectivity index (χ1v) is 8.05. The number of rotatable bonds is 4. The molecule has 122 valence electrons. The maximum absolute atomic E-state index is 11.0. The number of urea groups is 1. The second kappa shape index (κ2) is 6.29. The van der Waals surface area contributed by atoms with Gasteiger partial charge in [0.25, 0.3) is 0 Å². The average molecular weight is 303 g/mol. The van der Waals surface area contributed by atoms with E-state index in [0.29, 0.717) is 6.54 Å². The van der Waals surface area contributed by atoms with Crippen molar-refractivity contribution in [1.82, 2.24) is 10.2 Å². The Morgan fingerprint density at radius 3 is 2.41 bits per heavy atom. The summed E-state index contributed by atoms with van der Waals surface area (Å²) in [6.45, 7) is 5.06. The molecular weight excluding hydrogens is 274 g/mol. The lowest BCUT2D eigenvalue weighted by atomic mass is 9.65. The molecule has 1 saturated carbocycles. The Hall–Kier alpha value is -1.55. The van der Waals surface area contributed by atoms with Crippen LogP contribution in [0.2, 0.25) is 0 Å². The molecule has 1 fully saturated rings. The summed E-state index contributed by atoms with van der Waals surface area (Å²) in [5, 5.41) is 2.79. The lowest BCUT2D eigenvalue weighted by molar-refractivity contribution is 0.0436. The molecule has 0 aliphatic heterocycles. The number of nitrogens with zero attached hydrogens (tertiary/aromatic N) is 1. The van der Waals surface area contributed by atoms with Crippen molar-refractivity contribution in [1.29, 1.82) is 0 Å². The van der Waals surface area contributed by atoms with Gasteiger partial charge in [-0.1, -0.05) is 36.8 Å². The molecule has 1 aromatic rings. The summed E-state index contributed by atoms with van der Waals surface area (Å²) < 4.78 is 0. The molecule has 0 radical (unpaired) electrons. The second-order valence-corrected chi connectivity index (χ2v) is 7.32. The predicted octanol–water partition coefficient (Wildman–Crippen LogP) is 3.00. The monoisotopic (exact) mass is 303 g/mol. The maximum Gasteiger partial charge on any atom is 0.312 e. The highest BCUT2D eigenvalue weighted by Crippen LogP contribution is 2.47. The zero-order chi connectivity index (χ0) is 16.4. The van der Waals surface area contributed by atoms with Crippen LogP contribution in [0.4, 0.5) is 4.79 Å². The second-order valence-electron chi connectivity index (χ2n) is 7.32. The zero-order valence-electron chi connectivity index (χ0n) is 14.3. The highest BCUT2D eigenvalue weighted by atomic mass is 16.2. The fourth-order valence-electron chi connectivity index (χ4n) is 3.67. The molecule has 4 heteroatoms. The number of benzene rings is 1. The Morgan fingerprint density at radius 2 is 1.91 bits per heavy atom. The Bertz CT molecular complexity index is 531. The molecule has 3 N–H and O–H groups in total. The number of amides is 2. The lowest BCUT2D eigenvalue weighted by Gasteiger charge is -2.49. The third-order valence-electron chi connectivity index (χ3n) is 5.39. The van der Waals surface area contributed by atoms with Crippen LogP contribution in [0.1, 0.15) is 43.7 Å². The van der Waals surface area contributed by atoms with Gasteiger partial charge in [0.15, 0.2) is 0 Å². The molecule has 0 aromatic heterocycles. The molecule has 0 unspecified atom stereocenters. The quantitative estimate of drug-likeness (QED) is 0.898. The summed E-state index contributed by atoms with van der Waals surface area (Å²) in [7, 11) is 4.35. The largest absolute Gasteiger partial charge is 0.352 e. The number of hydrogen-bond acceptors (Lipinski definition) is 2. The minimum Gasteiger partial charge on any atom is -0.352 e. The fraction of sp³-hybridized carbons (Fsp3) is 0.611. The first-order chi connectivity index (χ1) is 10.3. The van der Waals surface area contributed by atoms with Crippen LogP contribution >= 0.6 is 0 Å². The van der Waals surface area contributed by atoms with Gasteiger partial charge in [-0.25, -0.2) is 4.79 Å². The van der Waals surface area contributed by atoms with Crippen LogP contribution in [0.3, 0.4) is 0 Å². The van der Waals surface area contributed by atoms with Crippen LogP contribution in [0, 0.1) is 12.3 Å². The van der Waals surface area contributed by atoms with Gasteiger partial charge in [0, 0.05) is 12.1 Å². The van der Waals surface area contributed by atoms with Crippen molar-refractivity contribution in [3.05, 3.63) is 35.4 Å². The van der Waals surface area contributed by atoms with Crippen molar-refractivity contribution in [3.8, 4) is 0 Å². The zero-order valence-corrected chi connectivity index (χ0v) is 14.3. The van der Waals surface area contributed by atoms with Crippen molar-refractivity contribution in [3.63, 3.8) is 0 Å². The van der Waals surface area contributed by atoms with Crippen molar-refractivity contribution in [2.75, 3.05) is 20.6 Å². The molecule has 0 heterocycles. The number of carbonyl (C=O) groups is 1. The summed E-state index contributed by atoms with van der Waals surface area (Å²) in [5.74, 6) is 0. The minimum atomic E-state index is -0.427. The fourth-order valence-corrected chi connectivity index (χ4v) is 3.67. The molecule has 2 rings (SSSR count). The van der Waals surface area contributed by atoms with E-state index in [4.69, 9.17) is 5.73 Å². The van der Waals surface area contributed by atoms with Crippen LogP contribution in [0.5, 0.6) is 0 Å². The lowest BCUT2D eigenvalue weighted by Crippen LogP contribution is -2.49. The van der Waals surface area contributed by atoms with Gasteiger partial charge in [-0.3, -0.25) is 4.90 Å². The van der Waals surface area contributed by atoms with Gasteiger partial charge in [0.05, 0.1) is 0 Å². The molecule has 2 amide bonds. The molecule has 22 heavy (non-hydrogen) atoms. The van der Waals surface area contributed by atoms with E-state index in [1.165, 1.54) is 11.1 Å². The molecule has 0 atom stereocenters. The average Bonchev–Trinajstić information content (AvgIpc) is 2.46. The van der Waals surface area contributed by atoms with E-state index in [1.54, 1.807) is 0 Å². The summed E-state index contributed by atoms with van der Waals surface area (Å²) in [6.07, 6.45) is 4.36. The summed E-state index contributed by atoms with van der Waals surface area (Å²) >= 11 is 0. The maximum atomic E-state index is 11.0. The summed E-state index contributed by atoms with van der Waals surface area (Å²) in [6, 6.07) is 8.43. The van der Waals surface area contributed by atoms with E-state index in [9.17, 15) is 4.79 Å². The Balaban J connectivity index is 2.18. The van der Waals surface area contributed by atoms with Crippen LogP contribution in [0.25, 0.3) is 0 Å². The smallest absolute Gasteiger partial charge is 0.312 e. The molecule has 4 nitrogen and oxygen atoms in total. The van der Waals surface area contributed by atoms with Gasteiger partial charge in [0.2, 0.25) is 0 Å². The van der Waals surface area contributed by atoms with Gasteiger partial charge >= 0.3 is 6.03 Å². The van der Waals surface area contributed by atoms with Crippen molar-refractivity contribution >= 4 is 6.03 Å². The molecular formula is C18H29N3O. The van der Waals surface area contributed by atoms with E-state index in [0.717, 1.165) is 25.7 Å². The van der Waals surface area contributed by atoms with Gasteiger partial charge in [0.1, 0.15) is 0 Å². The summed E-state index contributed by atoms with van der Waals surface area (Å²) in [5.41, 5.74) is 8.17. The normalized spacial score (nSPS) is 28.6. The molecule has 1 aliphatic rings. The highest BCUT2D eigenvalue weighted by Gasteiger charge is 2.42. The number of nitrogens with one attached hydrogen (secondary N) is 1. The van der Waals surface area contributed by atoms with Crippen molar-refractivity contribution in [2.45, 2.75) is 45.1 Å². The number of nitrogens with two attached hydrogens (primary N) is 1. The first kappa shape index (κ1) is 16.8. The Labute approximate surface area is 134 Å². The highest BCUT2D eigenvalue weighted by molar-refractivity contribution is 5.71. The van der Waals surface area contributed by atoms with Gasteiger partial charge in [-0.2, -0.15) is 0 Å².